The molecule has 2 aromatic carbocycles. The van der Waals surface area contributed by atoms with Crippen LogP contribution >= 0.6 is 23.8 Å². The minimum atomic E-state index is -0.291. The minimum absolute atomic E-state index is 0.199. The van der Waals surface area contributed by atoms with E-state index in [0.29, 0.717) is 40.1 Å². The third-order valence-electron chi connectivity index (χ3n) is 4.71. The Hall–Kier alpha value is -3.04. The second kappa shape index (κ2) is 11.7. The summed E-state index contributed by atoms with van der Waals surface area (Å²) in [5.41, 5.74) is 5.94. The summed E-state index contributed by atoms with van der Waals surface area (Å²) in [6.45, 7) is 6.60. The number of amides is 1. The number of carbonyl (C=O) groups is 1. The zero-order chi connectivity index (χ0) is 23.8. The lowest BCUT2D eigenvalue weighted by Gasteiger charge is -2.16. The van der Waals surface area contributed by atoms with Crippen LogP contribution in [0.3, 0.4) is 0 Å². The van der Waals surface area contributed by atoms with Crippen molar-refractivity contribution in [3.63, 3.8) is 0 Å². The molecule has 3 N–H and O–H groups in total. The first kappa shape index (κ1) is 24.6. The molecule has 8 nitrogen and oxygen atoms in total. The third kappa shape index (κ3) is 6.72. The molecule has 0 aliphatic carbocycles. The Balaban J connectivity index is 1.69. The molecule has 0 fully saturated rings. The molecule has 0 atom stereocenters. The van der Waals surface area contributed by atoms with E-state index >= 15 is 0 Å². The SMILES string of the molecule is CCCc1n[nH]c(=S)n1NCc1cc(Cl)c(OCC(=O)Nc2ccc(C)cc2)c(OCC)c1. The maximum Gasteiger partial charge on any atom is 0.262 e. The Morgan fingerprint density at radius 2 is 1.97 bits per heavy atom. The molecule has 0 spiro atoms. The van der Waals surface area contributed by atoms with E-state index in [1.54, 1.807) is 10.7 Å². The zero-order valence-corrected chi connectivity index (χ0v) is 20.5. The van der Waals surface area contributed by atoms with E-state index < -0.39 is 0 Å². The number of halogens is 1. The van der Waals surface area contributed by atoms with Crippen molar-refractivity contribution in [2.75, 3.05) is 24.0 Å². The van der Waals surface area contributed by atoms with Gasteiger partial charge in [-0.1, -0.05) is 36.2 Å². The van der Waals surface area contributed by atoms with Crippen LogP contribution in [0, 0.1) is 11.7 Å². The summed E-state index contributed by atoms with van der Waals surface area (Å²) in [5, 5.41) is 10.2. The van der Waals surface area contributed by atoms with E-state index in [1.807, 2.05) is 44.2 Å². The Morgan fingerprint density at radius 3 is 2.67 bits per heavy atom. The van der Waals surface area contributed by atoms with Gasteiger partial charge in [0.25, 0.3) is 5.91 Å². The molecule has 0 aliphatic rings. The lowest BCUT2D eigenvalue weighted by molar-refractivity contribution is -0.118. The fourth-order valence-electron chi connectivity index (χ4n) is 3.15. The first-order valence-electron chi connectivity index (χ1n) is 10.8. The van der Waals surface area contributed by atoms with Crippen LogP contribution in [0.1, 0.15) is 37.2 Å². The quantitative estimate of drug-likeness (QED) is 0.328. The molecule has 3 rings (SSSR count). The van der Waals surface area contributed by atoms with Gasteiger partial charge in [0.05, 0.1) is 18.2 Å². The number of anilines is 1. The maximum absolute atomic E-state index is 12.3. The van der Waals surface area contributed by atoms with Crippen molar-refractivity contribution in [3.8, 4) is 11.5 Å². The molecule has 1 heterocycles. The summed E-state index contributed by atoms with van der Waals surface area (Å²) in [4.78, 5) is 12.3. The van der Waals surface area contributed by atoms with E-state index in [0.717, 1.165) is 29.8 Å². The van der Waals surface area contributed by atoms with Crippen molar-refractivity contribution in [2.24, 2.45) is 0 Å². The highest BCUT2D eigenvalue weighted by molar-refractivity contribution is 7.71. The number of hydrogen-bond donors (Lipinski definition) is 3. The summed E-state index contributed by atoms with van der Waals surface area (Å²) in [7, 11) is 0. The molecule has 0 saturated carbocycles. The fourth-order valence-corrected chi connectivity index (χ4v) is 3.66. The Morgan fingerprint density at radius 1 is 1.21 bits per heavy atom. The van der Waals surface area contributed by atoms with Crippen LogP contribution in [0.15, 0.2) is 36.4 Å². The highest BCUT2D eigenvalue weighted by Gasteiger charge is 2.15. The van der Waals surface area contributed by atoms with Crippen LogP contribution in [0.5, 0.6) is 11.5 Å². The van der Waals surface area contributed by atoms with Crippen LogP contribution in [0.4, 0.5) is 5.69 Å². The highest BCUT2D eigenvalue weighted by atomic mass is 35.5. The highest BCUT2D eigenvalue weighted by Crippen LogP contribution is 2.36. The molecule has 0 aliphatic heterocycles. The van der Waals surface area contributed by atoms with Gasteiger partial charge in [-0.2, -0.15) is 5.10 Å². The summed E-state index contributed by atoms with van der Waals surface area (Å²) in [5.74, 6) is 1.33. The number of H-pyrrole nitrogens is 1. The van der Waals surface area contributed by atoms with Gasteiger partial charge in [0.2, 0.25) is 4.77 Å². The molecule has 0 radical (unpaired) electrons. The monoisotopic (exact) mass is 489 g/mol. The van der Waals surface area contributed by atoms with E-state index in [9.17, 15) is 4.79 Å². The summed E-state index contributed by atoms with van der Waals surface area (Å²) in [6.07, 6.45) is 1.74. The second-order valence-corrected chi connectivity index (χ2v) is 8.20. The number of carbonyl (C=O) groups excluding carboxylic acids is 1. The molecule has 0 unspecified atom stereocenters. The molecule has 10 heteroatoms. The van der Waals surface area contributed by atoms with Gasteiger partial charge in [0.1, 0.15) is 0 Å². The lowest BCUT2D eigenvalue weighted by Crippen LogP contribution is -2.20. The molecule has 1 amide bonds. The van der Waals surface area contributed by atoms with Gasteiger partial charge in [-0.3, -0.25) is 9.89 Å². The van der Waals surface area contributed by atoms with Crippen molar-refractivity contribution >= 4 is 35.4 Å². The Kier molecular flexibility index (Phi) is 8.73. The van der Waals surface area contributed by atoms with Gasteiger partial charge in [-0.15, -0.1) is 0 Å². The average molecular weight is 490 g/mol. The number of benzene rings is 2. The number of ether oxygens (including phenoxy) is 2. The number of aryl methyl sites for hydroxylation is 2. The summed E-state index contributed by atoms with van der Waals surface area (Å²) < 4.78 is 13.7. The van der Waals surface area contributed by atoms with Gasteiger partial charge in [-0.25, -0.2) is 4.68 Å². The van der Waals surface area contributed by atoms with Gasteiger partial charge >= 0.3 is 0 Å². The number of hydrogen-bond acceptors (Lipinski definition) is 6. The van der Waals surface area contributed by atoms with Crippen molar-refractivity contribution in [1.29, 1.82) is 0 Å². The van der Waals surface area contributed by atoms with E-state index in [1.165, 1.54) is 0 Å². The summed E-state index contributed by atoms with van der Waals surface area (Å²) in [6, 6.07) is 11.1. The van der Waals surface area contributed by atoms with Gasteiger partial charge < -0.3 is 20.2 Å². The topological polar surface area (TPSA) is 93.2 Å². The normalized spacial score (nSPS) is 10.7. The molecule has 0 saturated heterocycles. The summed E-state index contributed by atoms with van der Waals surface area (Å²) >= 11 is 11.8. The Bertz CT molecular complexity index is 1140. The van der Waals surface area contributed by atoms with Gasteiger partial charge in [0, 0.05) is 12.1 Å². The predicted octanol–water partition coefficient (Wildman–Crippen LogP) is 5.01. The van der Waals surface area contributed by atoms with E-state index in [2.05, 4.69) is 27.9 Å². The maximum atomic E-state index is 12.3. The van der Waals surface area contributed by atoms with Crippen LogP contribution in [-0.4, -0.2) is 34.0 Å². The smallest absolute Gasteiger partial charge is 0.262 e. The molecule has 176 valence electrons. The minimum Gasteiger partial charge on any atom is -0.490 e. The van der Waals surface area contributed by atoms with Gasteiger partial charge in [-0.05, 0) is 62.3 Å². The lowest BCUT2D eigenvalue weighted by atomic mass is 10.2. The number of nitrogens with zero attached hydrogens (tertiary/aromatic N) is 2. The van der Waals surface area contributed by atoms with Crippen LogP contribution in [-0.2, 0) is 17.8 Å². The second-order valence-electron chi connectivity index (χ2n) is 7.41. The molecular weight excluding hydrogens is 462 g/mol. The van der Waals surface area contributed by atoms with E-state index in [-0.39, 0.29) is 12.5 Å². The number of rotatable bonds is 11. The molecule has 1 aromatic heterocycles. The Labute approximate surface area is 203 Å². The van der Waals surface area contributed by atoms with Crippen LogP contribution < -0.4 is 20.2 Å². The fraction of sp³-hybridized carbons (Fsp3) is 0.348. The van der Waals surface area contributed by atoms with Crippen molar-refractivity contribution in [1.82, 2.24) is 14.9 Å². The first-order chi connectivity index (χ1) is 15.9. The predicted molar refractivity (Wildman–Crippen MR) is 132 cm³/mol. The molecule has 3 aromatic rings. The number of nitrogens with one attached hydrogen (secondary N) is 3. The van der Waals surface area contributed by atoms with Crippen molar-refractivity contribution < 1.29 is 14.3 Å². The third-order valence-corrected chi connectivity index (χ3v) is 5.26. The van der Waals surface area contributed by atoms with Crippen molar-refractivity contribution in [2.45, 2.75) is 40.2 Å². The average Bonchev–Trinajstić information content (AvgIpc) is 3.13. The van der Waals surface area contributed by atoms with E-state index in [4.69, 9.17) is 33.3 Å². The largest absolute Gasteiger partial charge is 0.490 e. The van der Waals surface area contributed by atoms with Gasteiger partial charge in [0.15, 0.2) is 23.9 Å². The first-order valence-corrected chi connectivity index (χ1v) is 11.5. The molecular formula is C23H28ClN5O3S. The molecule has 33 heavy (non-hydrogen) atoms. The number of aromatic nitrogens is 3. The van der Waals surface area contributed by atoms with Crippen LogP contribution in [0.2, 0.25) is 5.02 Å². The van der Waals surface area contributed by atoms with Crippen LogP contribution in [0.25, 0.3) is 0 Å². The standard InChI is InChI=1S/C23H28ClN5O3S/c1-4-6-20-27-28-23(33)29(20)25-13-16-11-18(24)22(19(12-16)31-5-2)32-14-21(30)26-17-9-7-15(3)8-10-17/h7-12,25H,4-6,13-14H2,1-3H3,(H,26,30)(H,28,33). The molecule has 0 bridgehead atoms. The van der Waals surface area contributed by atoms with Crippen molar-refractivity contribution in [3.05, 3.63) is 63.1 Å². The zero-order valence-electron chi connectivity index (χ0n) is 18.9. The number of aromatic amines is 1.